The maximum absolute atomic E-state index is 9.94. The molecule has 2 rings (SSSR count). The van der Waals surface area contributed by atoms with Gasteiger partial charge in [0, 0.05) is 17.8 Å². The van der Waals surface area contributed by atoms with Crippen molar-refractivity contribution in [2.75, 3.05) is 5.32 Å². The summed E-state index contributed by atoms with van der Waals surface area (Å²) in [6.45, 7) is 7.15. The van der Waals surface area contributed by atoms with Gasteiger partial charge in [0.1, 0.15) is 5.75 Å². The van der Waals surface area contributed by atoms with Gasteiger partial charge in [-0.3, -0.25) is 0 Å². The third kappa shape index (κ3) is 3.50. The number of phenols is 1. The maximum atomic E-state index is 9.94. The Hall–Kier alpha value is -1.96. The lowest BCUT2D eigenvalue weighted by Crippen LogP contribution is -2.12. The van der Waals surface area contributed by atoms with E-state index in [9.17, 15) is 5.11 Å². The van der Waals surface area contributed by atoms with E-state index in [-0.39, 0.29) is 5.41 Å². The van der Waals surface area contributed by atoms with Gasteiger partial charge in [0.15, 0.2) is 0 Å². The molecule has 0 atom stereocenters. The number of hydrogen-bond donors (Lipinski definition) is 2. The van der Waals surface area contributed by atoms with Crippen molar-refractivity contribution in [3.63, 3.8) is 0 Å². The predicted octanol–water partition coefficient (Wildman–Crippen LogP) is 4.30. The molecule has 0 saturated heterocycles. The Kier molecular flexibility index (Phi) is 3.79. The third-order valence-corrected chi connectivity index (χ3v) is 3.20. The van der Waals surface area contributed by atoms with E-state index in [1.807, 2.05) is 36.4 Å². The maximum Gasteiger partial charge on any atom is 0.120 e. The number of benzene rings is 2. The molecule has 2 aromatic carbocycles. The Morgan fingerprint density at radius 2 is 1.68 bits per heavy atom. The van der Waals surface area contributed by atoms with Crippen molar-refractivity contribution in [2.45, 2.75) is 32.7 Å². The zero-order valence-corrected chi connectivity index (χ0v) is 11.8. The zero-order valence-electron chi connectivity index (χ0n) is 11.8. The van der Waals surface area contributed by atoms with Gasteiger partial charge in [0.05, 0.1) is 0 Å². The van der Waals surface area contributed by atoms with Crippen molar-refractivity contribution in [3.8, 4) is 5.75 Å². The van der Waals surface area contributed by atoms with E-state index in [4.69, 9.17) is 0 Å². The molecule has 0 saturated carbocycles. The highest BCUT2D eigenvalue weighted by Gasteiger charge is 2.15. The number of nitrogens with one attached hydrogen (secondary N) is 1. The van der Waals surface area contributed by atoms with Gasteiger partial charge in [-0.2, -0.15) is 0 Å². The minimum Gasteiger partial charge on any atom is -0.508 e. The van der Waals surface area contributed by atoms with Crippen molar-refractivity contribution < 1.29 is 5.11 Å². The minimum atomic E-state index is 0.0925. The fraction of sp³-hybridized carbons (Fsp3) is 0.294. The Morgan fingerprint density at radius 3 is 2.32 bits per heavy atom. The molecule has 0 fully saturated rings. The number of phenolic OH excluding ortho intramolecular Hbond substituents is 1. The van der Waals surface area contributed by atoms with E-state index in [2.05, 4.69) is 32.2 Å². The van der Waals surface area contributed by atoms with Crippen LogP contribution in [0.2, 0.25) is 0 Å². The highest BCUT2D eigenvalue weighted by Crippen LogP contribution is 2.27. The fourth-order valence-electron chi connectivity index (χ4n) is 1.95. The second-order valence-electron chi connectivity index (χ2n) is 5.81. The summed E-state index contributed by atoms with van der Waals surface area (Å²) < 4.78 is 0. The lowest BCUT2D eigenvalue weighted by molar-refractivity contribution is 0.467. The lowest BCUT2D eigenvalue weighted by atomic mass is 9.86. The molecule has 19 heavy (non-hydrogen) atoms. The summed E-state index contributed by atoms with van der Waals surface area (Å²) in [5, 5.41) is 13.3. The number of rotatable bonds is 3. The number of hydrogen-bond acceptors (Lipinski definition) is 2. The van der Waals surface area contributed by atoms with Crippen LogP contribution in [0, 0.1) is 0 Å². The standard InChI is InChI=1S/C17H21NO/c1-17(2,3)14-9-10-16(19)13(11-14)12-18-15-7-5-4-6-8-15/h4-11,18-19H,12H2,1-3H3. The van der Waals surface area contributed by atoms with Crippen LogP contribution in [-0.4, -0.2) is 5.11 Å². The molecule has 0 aromatic heterocycles. The smallest absolute Gasteiger partial charge is 0.120 e. The lowest BCUT2D eigenvalue weighted by Gasteiger charge is -2.20. The van der Waals surface area contributed by atoms with Crippen LogP contribution < -0.4 is 5.32 Å². The van der Waals surface area contributed by atoms with Crippen LogP contribution in [0.25, 0.3) is 0 Å². The molecule has 0 amide bonds. The molecule has 0 aliphatic heterocycles. The van der Waals surface area contributed by atoms with E-state index in [0.29, 0.717) is 12.3 Å². The fourth-order valence-corrected chi connectivity index (χ4v) is 1.95. The number of anilines is 1. The quantitative estimate of drug-likeness (QED) is 0.857. The zero-order chi connectivity index (χ0) is 13.9. The average molecular weight is 255 g/mol. The highest BCUT2D eigenvalue weighted by molar-refractivity contribution is 5.46. The summed E-state index contributed by atoms with van der Waals surface area (Å²) in [5.41, 5.74) is 3.31. The predicted molar refractivity (Wildman–Crippen MR) is 80.6 cm³/mol. The first-order valence-corrected chi connectivity index (χ1v) is 6.58. The molecule has 0 bridgehead atoms. The molecule has 0 radical (unpaired) electrons. The van der Waals surface area contributed by atoms with Gasteiger partial charge < -0.3 is 10.4 Å². The minimum absolute atomic E-state index is 0.0925. The molecule has 0 aliphatic carbocycles. The summed E-state index contributed by atoms with van der Waals surface area (Å²) in [6, 6.07) is 15.9. The van der Waals surface area contributed by atoms with Crippen LogP contribution in [0.5, 0.6) is 5.75 Å². The molecular formula is C17H21NO. The molecule has 0 spiro atoms. The molecule has 0 heterocycles. The van der Waals surface area contributed by atoms with Crippen LogP contribution in [0.4, 0.5) is 5.69 Å². The first-order valence-electron chi connectivity index (χ1n) is 6.58. The van der Waals surface area contributed by atoms with Crippen molar-refractivity contribution in [2.24, 2.45) is 0 Å². The van der Waals surface area contributed by atoms with Crippen molar-refractivity contribution >= 4 is 5.69 Å². The summed E-state index contributed by atoms with van der Waals surface area (Å²) in [6.07, 6.45) is 0. The largest absolute Gasteiger partial charge is 0.508 e. The topological polar surface area (TPSA) is 32.3 Å². The molecule has 2 heteroatoms. The first kappa shape index (κ1) is 13.5. The Labute approximate surface area is 115 Å². The average Bonchev–Trinajstić information content (AvgIpc) is 2.37. The highest BCUT2D eigenvalue weighted by atomic mass is 16.3. The molecular weight excluding hydrogens is 234 g/mol. The molecule has 0 unspecified atom stereocenters. The van der Waals surface area contributed by atoms with Crippen LogP contribution in [-0.2, 0) is 12.0 Å². The van der Waals surface area contributed by atoms with Gasteiger partial charge in [-0.15, -0.1) is 0 Å². The molecule has 2 nitrogen and oxygen atoms in total. The SMILES string of the molecule is CC(C)(C)c1ccc(O)c(CNc2ccccc2)c1. The Bertz CT molecular complexity index is 541. The van der Waals surface area contributed by atoms with Gasteiger partial charge in [-0.1, -0.05) is 45.0 Å². The van der Waals surface area contributed by atoms with E-state index < -0.39 is 0 Å². The van der Waals surface area contributed by atoms with Gasteiger partial charge in [-0.25, -0.2) is 0 Å². The second-order valence-corrected chi connectivity index (χ2v) is 5.81. The second kappa shape index (κ2) is 5.35. The number of aromatic hydroxyl groups is 1. The third-order valence-electron chi connectivity index (χ3n) is 3.20. The molecule has 0 aliphatic rings. The van der Waals surface area contributed by atoms with Crippen LogP contribution in [0.3, 0.4) is 0 Å². The molecule has 2 N–H and O–H groups in total. The Balaban J connectivity index is 2.16. The van der Waals surface area contributed by atoms with E-state index in [1.54, 1.807) is 6.07 Å². The van der Waals surface area contributed by atoms with E-state index >= 15 is 0 Å². The van der Waals surface area contributed by atoms with E-state index in [1.165, 1.54) is 5.56 Å². The molecule has 2 aromatic rings. The van der Waals surface area contributed by atoms with Crippen molar-refractivity contribution in [1.29, 1.82) is 0 Å². The summed E-state index contributed by atoms with van der Waals surface area (Å²) in [5.74, 6) is 0.344. The first-order chi connectivity index (χ1) is 8.97. The summed E-state index contributed by atoms with van der Waals surface area (Å²) >= 11 is 0. The van der Waals surface area contributed by atoms with Crippen LogP contribution in [0.15, 0.2) is 48.5 Å². The van der Waals surface area contributed by atoms with Gasteiger partial charge in [0.25, 0.3) is 0 Å². The van der Waals surface area contributed by atoms with Gasteiger partial charge in [-0.05, 0) is 35.2 Å². The van der Waals surface area contributed by atoms with Crippen LogP contribution >= 0.6 is 0 Å². The Morgan fingerprint density at radius 1 is 1.00 bits per heavy atom. The van der Waals surface area contributed by atoms with Gasteiger partial charge >= 0.3 is 0 Å². The summed E-state index contributed by atoms with van der Waals surface area (Å²) in [7, 11) is 0. The van der Waals surface area contributed by atoms with Gasteiger partial charge in [0.2, 0.25) is 0 Å². The normalized spacial score (nSPS) is 11.3. The van der Waals surface area contributed by atoms with Crippen molar-refractivity contribution in [3.05, 3.63) is 59.7 Å². The summed E-state index contributed by atoms with van der Waals surface area (Å²) in [4.78, 5) is 0. The van der Waals surface area contributed by atoms with Crippen LogP contribution in [0.1, 0.15) is 31.9 Å². The number of para-hydroxylation sites is 1. The monoisotopic (exact) mass is 255 g/mol. The van der Waals surface area contributed by atoms with Crippen molar-refractivity contribution in [1.82, 2.24) is 0 Å². The van der Waals surface area contributed by atoms with E-state index in [0.717, 1.165) is 11.3 Å². The molecule has 100 valence electrons.